The van der Waals surface area contributed by atoms with Gasteiger partial charge >= 0.3 is 15.7 Å². The van der Waals surface area contributed by atoms with E-state index in [0.29, 0.717) is 5.39 Å². The molecule has 1 aromatic heterocycles. The zero-order chi connectivity index (χ0) is 15.7. The maximum atomic E-state index is 13.5. The molecule has 0 aliphatic heterocycles. The lowest BCUT2D eigenvalue weighted by Gasteiger charge is -2.08. The molecular weight excluding hydrogens is 311 g/mol. The molecule has 0 unspecified atom stereocenters. The molecule has 5 nitrogen and oxygen atoms in total. The third-order valence-corrected chi connectivity index (χ3v) is 4.15. The molecule has 112 valence electrons. The van der Waals surface area contributed by atoms with Crippen LogP contribution in [0.2, 0.25) is 0 Å². The molecule has 0 saturated heterocycles. The average Bonchev–Trinajstić information content (AvgIpc) is 2.49. The summed E-state index contributed by atoms with van der Waals surface area (Å²) in [6, 6.07) is 11.7. The topological polar surface area (TPSA) is 73.6 Å². The molecule has 0 atom stereocenters. The van der Waals surface area contributed by atoms with E-state index in [4.69, 9.17) is 8.60 Å². The van der Waals surface area contributed by atoms with Crippen molar-refractivity contribution in [3.63, 3.8) is 0 Å². The summed E-state index contributed by atoms with van der Waals surface area (Å²) in [5.41, 5.74) is -0.289. The van der Waals surface area contributed by atoms with Gasteiger partial charge in [-0.05, 0) is 36.4 Å². The van der Waals surface area contributed by atoms with Crippen LogP contribution in [-0.4, -0.2) is 8.42 Å². The fourth-order valence-electron chi connectivity index (χ4n) is 1.88. The first kappa shape index (κ1) is 14.3. The van der Waals surface area contributed by atoms with E-state index in [1.807, 2.05) is 0 Å². The van der Waals surface area contributed by atoms with Crippen molar-refractivity contribution < 1.29 is 21.4 Å². The molecule has 0 radical (unpaired) electrons. The summed E-state index contributed by atoms with van der Waals surface area (Å²) < 4.78 is 47.6. The van der Waals surface area contributed by atoms with E-state index >= 15 is 0 Å². The van der Waals surface area contributed by atoms with Gasteiger partial charge in [0.05, 0.1) is 0 Å². The van der Waals surface area contributed by atoms with Crippen LogP contribution in [-0.2, 0) is 10.1 Å². The number of fused-ring (bicyclic) bond motifs is 1. The molecule has 0 spiro atoms. The highest BCUT2D eigenvalue weighted by atomic mass is 32.2. The minimum Gasteiger partial charge on any atom is -0.423 e. The average molecular weight is 320 g/mol. The summed E-state index contributed by atoms with van der Waals surface area (Å²) in [5.74, 6) is -1.17. The fraction of sp³-hybridized carbons (Fsp3) is 0. The first-order chi connectivity index (χ1) is 10.5. The molecule has 3 aromatic rings. The Balaban J connectivity index is 2.04. The molecule has 0 aliphatic carbocycles. The Morgan fingerprint density at radius 1 is 1.00 bits per heavy atom. The van der Waals surface area contributed by atoms with Gasteiger partial charge in [0.15, 0.2) is 11.6 Å². The van der Waals surface area contributed by atoms with Gasteiger partial charge in [-0.1, -0.05) is 12.1 Å². The zero-order valence-electron chi connectivity index (χ0n) is 11.0. The van der Waals surface area contributed by atoms with Crippen LogP contribution < -0.4 is 9.81 Å². The van der Waals surface area contributed by atoms with Crippen LogP contribution in [0.15, 0.2) is 68.7 Å². The lowest BCUT2D eigenvalue weighted by molar-refractivity contribution is 0.461. The minimum atomic E-state index is -4.20. The first-order valence-corrected chi connectivity index (χ1v) is 7.59. The third-order valence-electron chi connectivity index (χ3n) is 2.92. The number of hydrogen-bond acceptors (Lipinski definition) is 5. The Kier molecular flexibility index (Phi) is 3.42. The van der Waals surface area contributed by atoms with Crippen LogP contribution in [0.5, 0.6) is 5.75 Å². The van der Waals surface area contributed by atoms with Crippen molar-refractivity contribution >= 4 is 21.1 Å². The van der Waals surface area contributed by atoms with Gasteiger partial charge < -0.3 is 8.60 Å². The Hall–Kier alpha value is -2.67. The summed E-state index contributed by atoms with van der Waals surface area (Å²) in [6.07, 6.45) is 0. The fourth-order valence-corrected chi connectivity index (χ4v) is 2.86. The molecule has 2 aromatic carbocycles. The van der Waals surface area contributed by atoms with Crippen LogP contribution in [0.3, 0.4) is 0 Å². The van der Waals surface area contributed by atoms with Gasteiger partial charge in [0.1, 0.15) is 10.5 Å². The van der Waals surface area contributed by atoms with Crippen LogP contribution in [0.1, 0.15) is 0 Å². The van der Waals surface area contributed by atoms with Gasteiger partial charge in [0, 0.05) is 11.5 Å². The Labute approximate surface area is 124 Å². The summed E-state index contributed by atoms with van der Waals surface area (Å²) >= 11 is 0. The van der Waals surface area contributed by atoms with Crippen molar-refractivity contribution in [3.8, 4) is 5.75 Å². The molecule has 0 aliphatic rings. The number of rotatable bonds is 3. The summed E-state index contributed by atoms with van der Waals surface area (Å²) in [6.45, 7) is 0. The summed E-state index contributed by atoms with van der Waals surface area (Å²) in [4.78, 5) is 10.9. The van der Waals surface area contributed by atoms with Gasteiger partial charge in [-0.2, -0.15) is 8.42 Å². The normalized spacial score (nSPS) is 11.5. The molecule has 0 fully saturated rings. The molecule has 0 saturated carbocycles. The molecule has 22 heavy (non-hydrogen) atoms. The van der Waals surface area contributed by atoms with E-state index < -0.39 is 21.6 Å². The Morgan fingerprint density at radius 2 is 1.77 bits per heavy atom. The van der Waals surface area contributed by atoms with Crippen molar-refractivity contribution in [1.29, 1.82) is 0 Å². The van der Waals surface area contributed by atoms with E-state index in [-0.39, 0.29) is 16.2 Å². The quantitative estimate of drug-likeness (QED) is 0.548. The summed E-state index contributed by atoms with van der Waals surface area (Å²) in [5, 5.41) is 0.415. The SMILES string of the molecule is O=c1ccc2cc(S(=O)(=O)Oc3ccccc3F)ccc2o1. The third kappa shape index (κ3) is 2.71. The molecule has 7 heteroatoms. The van der Waals surface area contributed by atoms with Gasteiger partial charge in [0.2, 0.25) is 0 Å². The van der Waals surface area contributed by atoms with Crippen LogP contribution in [0, 0.1) is 5.82 Å². The molecule has 0 amide bonds. The highest BCUT2D eigenvalue weighted by molar-refractivity contribution is 7.87. The van der Waals surface area contributed by atoms with Gasteiger partial charge in [-0.25, -0.2) is 9.18 Å². The number of hydrogen-bond donors (Lipinski definition) is 0. The minimum absolute atomic E-state index is 0.169. The number of halogens is 1. The van der Waals surface area contributed by atoms with E-state index in [0.717, 1.165) is 6.07 Å². The Bertz CT molecular complexity index is 1010. The van der Waals surface area contributed by atoms with Crippen molar-refractivity contribution in [1.82, 2.24) is 0 Å². The van der Waals surface area contributed by atoms with Gasteiger partial charge in [-0.15, -0.1) is 0 Å². The second-order valence-corrected chi connectivity index (χ2v) is 5.97. The number of para-hydroxylation sites is 1. The first-order valence-electron chi connectivity index (χ1n) is 6.19. The van der Waals surface area contributed by atoms with Crippen molar-refractivity contribution in [2.45, 2.75) is 4.90 Å². The molecular formula is C15H9FO5S. The van der Waals surface area contributed by atoms with Crippen LogP contribution in [0.25, 0.3) is 11.0 Å². The Morgan fingerprint density at radius 3 is 2.55 bits per heavy atom. The van der Waals surface area contributed by atoms with Crippen molar-refractivity contribution in [2.24, 2.45) is 0 Å². The van der Waals surface area contributed by atoms with Crippen LogP contribution >= 0.6 is 0 Å². The highest BCUT2D eigenvalue weighted by Crippen LogP contribution is 2.23. The largest absolute Gasteiger partial charge is 0.423 e. The number of benzene rings is 2. The van der Waals surface area contributed by atoms with Gasteiger partial charge in [0.25, 0.3) is 0 Å². The lowest BCUT2D eigenvalue weighted by Crippen LogP contribution is -2.10. The second-order valence-electron chi connectivity index (χ2n) is 4.42. The van der Waals surface area contributed by atoms with Crippen molar-refractivity contribution in [3.05, 3.63) is 70.8 Å². The van der Waals surface area contributed by atoms with E-state index in [1.54, 1.807) is 0 Å². The van der Waals surface area contributed by atoms with E-state index in [1.165, 1.54) is 48.5 Å². The smallest absolute Gasteiger partial charge is 0.339 e. The zero-order valence-corrected chi connectivity index (χ0v) is 11.8. The standard InChI is InChI=1S/C15H9FO5S/c16-12-3-1-2-4-14(12)21-22(18,19)11-6-7-13-10(9-11)5-8-15(17)20-13/h1-9H. The maximum Gasteiger partial charge on any atom is 0.339 e. The second kappa shape index (κ2) is 5.27. The van der Waals surface area contributed by atoms with E-state index in [9.17, 15) is 17.6 Å². The predicted molar refractivity (Wildman–Crippen MR) is 76.7 cm³/mol. The van der Waals surface area contributed by atoms with E-state index in [2.05, 4.69) is 0 Å². The highest BCUT2D eigenvalue weighted by Gasteiger charge is 2.19. The van der Waals surface area contributed by atoms with Crippen molar-refractivity contribution in [2.75, 3.05) is 0 Å². The summed E-state index contributed by atoms with van der Waals surface area (Å²) in [7, 11) is -4.20. The van der Waals surface area contributed by atoms with Gasteiger partial charge in [-0.3, -0.25) is 0 Å². The predicted octanol–water partition coefficient (Wildman–Crippen LogP) is 2.70. The molecule has 1 heterocycles. The lowest BCUT2D eigenvalue weighted by atomic mass is 10.2. The molecule has 0 bridgehead atoms. The molecule has 0 N–H and O–H groups in total. The molecule has 3 rings (SSSR count). The van der Waals surface area contributed by atoms with Crippen LogP contribution in [0.4, 0.5) is 4.39 Å². The maximum absolute atomic E-state index is 13.5. The monoisotopic (exact) mass is 320 g/mol.